The number of aromatic nitrogens is 1. The minimum absolute atomic E-state index is 0.00495. The van der Waals surface area contributed by atoms with E-state index in [1.54, 1.807) is 12.1 Å². The molecular formula is C12H15ClF3NO2. The van der Waals surface area contributed by atoms with Gasteiger partial charge >= 0.3 is 6.18 Å². The van der Waals surface area contributed by atoms with Gasteiger partial charge < -0.3 is 9.47 Å². The molecule has 3 nitrogen and oxygen atoms in total. The molecule has 108 valence electrons. The molecule has 0 saturated carbocycles. The van der Waals surface area contributed by atoms with Crippen molar-refractivity contribution < 1.29 is 22.6 Å². The second-order valence-electron chi connectivity index (χ2n) is 3.90. The third-order valence-electron chi connectivity index (χ3n) is 2.15. The zero-order valence-electron chi connectivity index (χ0n) is 10.5. The van der Waals surface area contributed by atoms with E-state index in [1.165, 1.54) is 0 Å². The van der Waals surface area contributed by atoms with Crippen molar-refractivity contribution in [2.75, 3.05) is 19.8 Å². The van der Waals surface area contributed by atoms with Crippen LogP contribution in [0.4, 0.5) is 13.2 Å². The minimum Gasteiger partial charge on any atom is -0.492 e. The first-order valence-electron chi connectivity index (χ1n) is 5.72. The van der Waals surface area contributed by atoms with Gasteiger partial charge in [0.2, 0.25) is 0 Å². The molecule has 0 amide bonds. The Morgan fingerprint density at radius 1 is 1.26 bits per heavy atom. The standard InChI is InChI=1S/C12H15ClF3NO2/c1-9-3-4-11(10(7-13)17-9)19-6-2-5-18-8-12(14,15)16/h3-4H,2,5-8H2,1H3. The molecular weight excluding hydrogens is 283 g/mol. The number of halogens is 4. The number of nitrogens with zero attached hydrogens (tertiary/aromatic N) is 1. The summed E-state index contributed by atoms with van der Waals surface area (Å²) in [5.74, 6) is 0.776. The number of alkyl halides is 4. The van der Waals surface area contributed by atoms with Crippen molar-refractivity contribution in [3.8, 4) is 5.75 Å². The van der Waals surface area contributed by atoms with E-state index >= 15 is 0 Å². The molecule has 0 atom stereocenters. The summed E-state index contributed by atoms with van der Waals surface area (Å²) < 4.78 is 45.2. The second kappa shape index (κ2) is 7.55. The van der Waals surface area contributed by atoms with E-state index in [1.807, 2.05) is 6.92 Å². The Hall–Kier alpha value is -1.01. The van der Waals surface area contributed by atoms with E-state index in [-0.39, 0.29) is 19.1 Å². The lowest BCUT2D eigenvalue weighted by Gasteiger charge is -2.10. The van der Waals surface area contributed by atoms with Gasteiger partial charge in [-0.1, -0.05) is 0 Å². The average molecular weight is 298 g/mol. The predicted molar refractivity (Wildman–Crippen MR) is 65.5 cm³/mol. The highest BCUT2D eigenvalue weighted by molar-refractivity contribution is 6.17. The van der Waals surface area contributed by atoms with Crippen LogP contribution in [0.5, 0.6) is 5.75 Å². The normalized spacial score (nSPS) is 11.6. The summed E-state index contributed by atoms with van der Waals surface area (Å²) in [6.07, 6.45) is -3.92. The summed E-state index contributed by atoms with van der Waals surface area (Å²) in [4.78, 5) is 4.20. The lowest BCUT2D eigenvalue weighted by atomic mass is 10.3. The second-order valence-corrected chi connectivity index (χ2v) is 4.17. The highest BCUT2D eigenvalue weighted by atomic mass is 35.5. The molecule has 0 aromatic carbocycles. The van der Waals surface area contributed by atoms with Gasteiger partial charge in [-0.25, -0.2) is 0 Å². The Morgan fingerprint density at radius 2 is 2.00 bits per heavy atom. The molecule has 0 saturated heterocycles. The van der Waals surface area contributed by atoms with E-state index in [9.17, 15) is 13.2 Å². The Labute approximate surface area is 114 Å². The molecule has 19 heavy (non-hydrogen) atoms. The largest absolute Gasteiger partial charge is 0.492 e. The zero-order valence-corrected chi connectivity index (χ0v) is 11.2. The molecule has 1 rings (SSSR count). The zero-order chi connectivity index (χ0) is 14.3. The van der Waals surface area contributed by atoms with Crippen LogP contribution in [0.15, 0.2) is 12.1 Å². The first kappa shape index (κ1) is 16.0. The van der Waals surface area contributed by atoms with Crippen LogP contribution in [0.1, 0.15) is 17.8 Å². The SMILES string of the molecule is Cc1ccc(OCCCOCC(F)(F)F)c(CCl)n1. The van der Waals surface area contributed by atoms with Crippen LogP contribution in [0.25, 0.3) is 0 Å². The first-order chi connectivity index (χ1) is 8.92. The minimum atomic E-state index is -4.28. The highest BCUT2D eigenvalue weighted by Gasteiger charge is 2.27. The number of aryl methyl sites for hydroxylation is 1. The van der Waals surface area contributed by atoms with Crippen molar-refractivity contribution in [2.24, 2.45) is 0 Å². The topological polar surface area (TPSA) is 31.4 Å². The van der Waals surface area contributed by atoms with Crippen molar-refractivity contribution in [3.63, 3.8) is 0 Å². The summed E-state index contributed by atoms with van der Waals surface area (Å²) in [6, 6.07) is 3.53. The third kappa shape index (κ3) is 6.63. The van der Waals surface area contributed by atoms with Crippen LogP contribution < -0.4 is 4.74 Å². The smallest absolute Gasteiger partial charge is 0.411 e. The van der Waals surface area contributed by atoms with Gasteiger partial charge in [0.1, 0.15) is 12.4 Å². The fourth-order valence-electron chi connectivity index (χ4n) is 1.36. The van der Waals surface area contributed by atoms with E-state index in [0.29, 0.717) is 17.9 Å². The van der Waals surface area contributed by atoms with Crippen molar-refractivity contribution in [1.29, 1.82) is 0 Å². The van der Waals surface area contributed by atoms with E-state index in [0.717, 1.165) is 5.69 Å². The number of hydrogen-bond donors (Lipinski definition) is 0. The van der Waals surface area contributed by atoms with Crippen LogP contribution in [-0.4, -0.2) is 31.0 Å². The maximum absolute atomic E-state index is 11.8. The molecule has 0 aliphatic heterocycles. The summed E-state index contributed by atoms with van der Waals surface area (Å²) in [5, 5.41) is 0. The van der Waals surface area contributed by atoms with Crippen molar-refractivity contribution in [3.05, 3.63) is 23.5 Å². The molecule has 1 heterocycles. The van der Waals surface area contributed by atoms with Crippen LogP contribution in [0, 0.1) is 6.92 Å². The van der Waals surface area contributed by atoms with Crippen LogP contribution >= 0.6 is 11.6 Å². The summed E-state index contributed by atoms with van der Waals surface area (Å²) in [6.45, 7) is 0.859. The quantitative estimate of drug-likeness (QED) is 0.570. The first-order valence-corrected chi connectivity index (χ1v) is 6.25. The Balaban J connectivity index is 2.26. The summed E-state index contributed by atoms with van der Waals surface area (Å²) in [7, 11) is 0. The van der Waals surface area contributed by atoms with Crippen molar-refractivity contribution in [1.82, 2.24) is 4.98 Å². The number of pyridine rings is 1. The van der Waals surface area contributed by atoms with Gasteiger partial charge in [0.25, 0.3) is 0 Å². The van der Waals surface area contributed by atoms with Crippen molar-refractivity contribution in [2.45, 2.75) is 25.4 Å². The molecule has 0 fully saturated rings. The molecule has 1 aromatic rings. The lowest BCUT2D eigenvalue weighted by molar-refractivity contribution is -0.174. The maximum Gasteiger partial charge on any atom is 0.411 e. The third-order valence-corrected chi connectivity index (χ3v) is 2.41. The van der Waals surface area contributed by atoms with Gasteiger partial charge in [-0.05, 0) is 19.1 Å². The molecule has 0 aliphatic carbocycles. The molecule has 0 spiro atoms. The van der Waals surface area contributed by atoms with E-state index < -0.39 is 12.8 Å². The fraction of sp³-hybridized carbons (Fsp3) is 0.583. The maximum atomic E-state index is 11.8. The molecule has 7 heteroatoms. The lowest BCUT2D eigenvalue weighted by Crippen LogP contribution is -2.18. The van der Waals surface area contributed by atoms with Crippen LogP contribution in [0.3, 0.4) is 0 Å². The highest BCUT2D eigenvalue weighted by Crippen LogP contribution is 2.19. The van der Waals surface area contributed by atoms with E-state index in [2.05, 4.69) is 9.72 Å². The van der Waals surface area contributed by atoms with Crippen molar-refractivity contribution >= 4 is 11.6 Å². The number of hydrogen-bond acceptors (Lipinski definition) is 3. The fourth-order valence-corrected chi connectivity index (χ4v) is 1.55. The molecule has 1 aromatic heterocycles. The van der Waals surface area contributed by atoms with Gasteiger partial charge in [-0.3, -0.25) is 4.98 Å². The predicted octanol–water partition coefficient (Wildman–Crippen LogP) is 3.48. The summed E-state index contributed by atoms with van der Waals surface area (Å²) in [5.41, 5.74) is 1.45. The van der Waals surface area contributed by atoms with Crippen LogP contribution in [0.2, 0.25) is 0 Å². The summed E-state index contributed by atoms with van der Waals surface area (Å²) >= 11 is 5.72. The van der Waals surface area contributed by atoms with Gasteiger partial charge in [0.05, 0.1) is 24.8 Å². The molecule has 0 N–H and O–H groups in total. The Bertz CT molecular complexity index is 399. The van der Waals surface area contributed by atoms with Gasteiger partial charge in [-0.15, -0.1) is 11.6 Å². The van der Waals surface area contributed by atoms with Gasteiger partial charge in [0.15, 0.2) is 0 Å². The Morgan fingerprint density at radius 3 is 2.63 bits per heavy atom. The molecule has 0 bridgehead atoms. The van der Waals surface area contributed by atoms with Gasteiger partial charge in [-0.2, -0.15) is 13.2 Å². The Kier molecular flexibility index (Phi) is 6.37. The van der Waals surface area contributed by atoms with Crippen LogP contribution in [-0.2, 0) is 10.6 Å². The number of ether oxygens (including phenoxy) is 2. The monoisotopic (exact) mass is 297 g/mol. The van der Waals surface area contributed by atoms with Gasteiger partial charge in [0, 0.05) is 12.1 Å². The average Bonchev–Trinajstić information content (AvgIpc) is 2.33. The number of rotatable bonds is 7. The molecule has 0 aliphatic rings. The molecule has 0 radical (unpaired) electrons. The molecule has 0 unspecified atom stereocenters. The van der Waals surface area contributed by atoms with E-state index in [4.69, 9.17) is 16.3 Å².